The van der Waals surface area contributed by atoms with E-state index in [4.69, 9.17) is 0 Å². The smallest absolute Gasteiger partial charge is 0.0622 e. The summed E-state index contributed by atoms with van der Waals surface area (Å²) in [4.78, 5) is 4.91. The van der Waals surface area contributed by atoms with Gasteiger partial charge in [0.05, 0.1) is 33.4 Å². The summed E-state index contributed by atoms with van der Waals surface area (Å²) in [6.07, 6.45) is 0. The fraction of sp³-hybridized carbons (Fsp3) is 0. The van der Waals surface area contributed by atoms with Crippen LogP contribution in [-0.4, -0.2) is 9.13 Å². The Balaban J connectivity index is 1.06. The van der Waals surface area contributed by atoms with Crippen LogP contribution >= 0.6 is 11.8 Å². The van der Waals surface area contributed by atoms with Crippen molar-refractivity contribution in [1.29, 1.82) is 0 Å². The molecule has 0 radical (unpaired) electrons. The predicted octanol–water partition coefficient (Wildman–Crippen LogP) is 16.8. The molecule has 0 saturated carbocycles. The van der Waals surface area contributed by atoms with E-state index in [1.54, 1.807) is 0 Å². The molecule has 0 N–H and O–H groups in total. The molecule has 0 amide bonds. The van der Waals surface area contributed by atoms with Crippen LogP contribution in [0.2, 0.25) is 0 Å². The summed E-state index contributed by atoms with van der Waals surface area (Å²) in [5, 5.41) is 4.92. The molecule has 0 bridgehead atoms. The van der Waals surface area contributed by atoms with Crippen LogP contribution in [0.1, 0.15) is 0 Å². The number of rotatable bonds is 6. The third-order valence-electron chi connectivity index (χ3n) is 12.8. The number of hydrogen-bond donors (Lipinski definition) is 0. The third-order valence-corrected chi connectivity index (χ3v) is 14.0. The Kier molecular flexibility index (Phi) is 8.46. The summed E-state index contributed by atoms with van der Waals surface area (Å²) in [5.41, 5.74) is 17.8. The van der Waals surface area contributed by atoms with E-state index in [0.717, 1.165) is 17.1 Å². The molecule has 0 spiro atoms. The van der Waals surface area contributed by atoms with Crippen LogP contribution in [0.4, 0.5) is 17.1 Å². The van der Waals surface area contributed by atoms with Crippen LogP contribution in [-0.2, 0) is 0 Å². The van der Waals surface area contributed by atoms with Crippen molar-refractivity contribution in [3.8, 4) is 44.8 Å². The minimum absolute atomic E-state index is 1.14. The molecule has 0 fully saturated rings. The van der Waals surface area contributed by atoms with Crippen molar-refractivity contribution in [2.45, 2.75) is 9.79 Å². The Morgan fingerprint density at radius 1 is 0.281 bits per heavy atom. The Bertz CT molecular complexity index is 3730. The quantitative estimate of drug-likeness (QED) is 0.166. The molecule has 64 heavy (non-hydrogen) atoms. The third kappa shape index (κ3) is 5.84. The maximum Gasteiger partial charge on any atom is 0.0622 e. The molecular formula is C60H39N3S. The van der Waals surface area contributed by atoms with Gasteiger partial charge in [-0.15, -0.1) is 0 Å². The van der Waals surface area contributed by atoms with Crippen molar-refractivity contribution in [2.24, 2.45) is 0 Å². The lowest BCUT2D eigenvalue weighted by molar-refractivity contribution is 1.15. The first-order valence-corrected chi connectivity index (χ1v) is 22.7. The van der Waals surface area contributed by atoms with Crippen LogP contribution < -0.4 is 4.90 Å². The Hall–Kier alpha value is -8.05. The van der Waals surface area contributed by atoms with Gasteiger partial charge >= 0.3 is 0 Å². The second-order valence-electron chi connectivity index (χ2n) is 16.5. The Morgan fingerprint density at radius 2 is 0.781 bits per heavy atom. The first kappa shape index (κ1) is 36.6. The van der Waals surface area contributed by atoms with Gasteiger partial charge < -0.3 is 14.0 Å². The molecule has 12 aromatic rings. The zero-order valence-electron chi connectivity index (χ0n) is 34.8. The fourth-order valence-corrected chi connectivity index (χ4v) is 11.0. The molecule has 0 atom stereocenters. The summed E-state index contributed by atoms with van der Waals surface area (Å²) in [6, 6.07) is 86.5. The van der Waals surface area contributed by atoms with E-state index >= 15 is 0 Å². The molecular weight excluding hydrogens is 795 g/mol. The highest BCUT2D eigenvalue weighted by atomic mass is 32.2. The molecule has 1 aliphatic heterocycles. The van der Waals surface area contributed by atoms with Gasteiger partial charge in [0, 0.05) is 54.0 Å². The summed E-state index contributed by atoms with van der Waals surface area (Å²) >= 11 is 1.86. The van der Waals surface area contributed by atoms with E-state index in [1.165, 1.54) is 98.2 Å². The minimum atomic E-state index is 1.14. The molecule has 0 unspecified atom stereocenters. The lowest BCUT2D eigenvalue weighted by Gasteiger charge is -2.33. The van der Waals surface area contributed by atoms with Crippen molar-refractivity contribution in [1.82, 2.24) is 9.13 Å². The minimum Gasteiger partial charge on any atom is -0.309 e. The van der Waals surface area contributed by atoms with E-state index in [1.807, 2.05) is 11.8 Å². The summed E-state index contributed by atoms with van der Waals surface area (Å²) in [7, 11) is 0. The van der Waals surface area contributed by atoms with Gasteiger partial charge in [0.25, 0.3) is 0 Å². The molecule has 13 rings (SSSR count). The first-order valence-electron chi connectivity index (χ1n) is 21.8. The Labute approximate surface area is 375 Å². The maximum absolute atomic E-state index is 2.46. The maximum atomic E-state index is 2.46. The largest absolute Gasteiger partial charge is 0.309 e. The van der Waals surface area contributed by atoms with Gasteiger partial charge in [-0.1, -0.05) is 151 Å². The molecule has 0 saturated heterocycles. The molecule has 4 heteroatoms. The number of aromatic nitrogens is 2. The number of nitrogens with zero attached hydrogens (tertiary/aromatic N) is 3. The van der Waals surface area contributed by atoms with Crippen molar-refractivity contribution in [3.63, 3.8) is 0 Å². The zero-order valence-corrected chi connectivity index (χ0v) is 35.6. The molecule has 10 aromatic carbocycles. The summed E-state index contributed by atoms with van der Waals surface area (Å²) in [6.45, 7) is 0. The van der Waals surface area contributed by atoms with E-state index in [9.17, 15) is 0 Å². The molecule has 1 aliphatic rings. The molecule has 3 nitrogen and oxygen atoms in total. The van der Waals surface area contributed by atoms with Gasteiger partial charge in [-0.05, 0) is 125 Å². The average Bonchev–Trinajstić information content (AvgIpc) is 3.87. The molecule has 0 aliphatic carbocycles. The second kappa shape index (κ2) is 14.8. The summed E-state index contributed by atoms with van der Waals surface area (Å²) < 4.78 is 4.90. The van der Waals surface area contributed by atoms with E-state index in [-0.39, 0.29) is 0 Å². The zero-order chi connectivity index (χ0) is 42.1. The van der Waals surface area contributed by atoms with Crippen LogP contribution in [0.25, 0.3) is 88.4 Å². The van der Waals surface area contributed by atoms with E-state index in [2.05, 4.69) is 251 Å². The molecule has 300 valence electrons. The van der Waals surface area contributed by atoms with Crippen molar-refractivity contribution < 1.29 is 0 Å². The van der Waals surface area contributed by atoms with Crippen LogP contribution in [0, 0.1) is 0 Å². The predicted molar refractivity (Wildman–Crippen MR) is 270 cm³/mol. The lowest BCUT2D eigenvalue weighted by atomic mass is 9.95. The first-order chi connectivity index (χ1) is 31.7. The fourth-order valence-electron chi connectivity index (χ4n) is 9.97. The van der Waals surface area contributed by atoms with E-state index < -0.39 is 0 Å². The van der Waals surface area contributed by atoms with E-state index in [0.29, 0.717) is 0 Å². The molecule has 3 heterocycles. The van der Waals surface area contributed by atoms with Crippen molar-refractivity contribution in [3.05, 3.63) is 237 Å². The highest BCUT2D eigenvalue weighted by molar-refractivity contribution is 7.99. The van der Waals surface area contributed by atoms with Gasteiger partial charge in [-0.2, -0.15) is 0 Å². The van der Waals surface area contributed by atoms with Gasteiger partial charge in [0.2, 0.25) is 0 Å². The van der Waals surface area contributed by atoms with Gasteiger partial charge in [0.1, 0.15) is 0 Å². The van der Waals surface area contributed by atoms with Gasteiger partial charge in [-0.25, -0.2) is 0 Å². The average molecular weight is 834 g/mol. The normalized spacial score (nSPS) is 12.3. The van der Waals surface area contributed by atoms with Crippen LogP contribution in [0.5, 0.6) is 0 Å². The highest BCUT2D eigenvalue weighted by Gasteiger charge is 2.27. The van der Waals surface area contributed by atoms with Crippen molar-refractivity contribution in [2.75, 3.05) is 4.90 Å². The number of anilines is 3. The van der Waals surface area contributed by atoms with Crippen LogP contribution in [0.3, 0.4) is 0 Å². The number of benzene rings is 10. The summed E-state index contributed by atoms with van der Waals surface area (Å²) in [5.74, 6) is 0. The highest BCUT2D eigenvalue weighted by Crippen LogP contribution is 2.53. The topological polar surface area (TPSA) is 13.1 Å². The van der Waals surface area contributed by atoms with Gasteiger partial charge in [0.15, 0.2) is 0 Å². The van der Waals surface area contributed by atoms with Crippen molar-refractivity contribution >= 4 is 72.4 Å². The SMILES string of the molecule is c1ccc(-c2cc(-c3ccccc3)c3c(c2)c2cc(-c4ccc5c(c4)c4cc6c(cc4n5-c4ccccc4)N(c4ccccc4)c4ccccc4S6)ccc2n3-c2ccccc2)cc1. The lowest BCUT2D eigenvalue weighted by Crippen LogP contribution is -2.14. The number of para-hydroxylation sites is 4. The van der Waals surface area contributed by atoms with Crippen LogP contribution in [0.15, 0.2) is 246 Å². The second-order valence-corrected chi connectivity index (χ2v) is 17.6. The number of fused-ring (bicyclic) bond motifs is 8. The van der Waals surface area contributed by atoms with Gasteiger partial charge in [-0.3, -0.25) is 0 Å². The number of hydrogen-bond acceptors (Lipinski definition) is 2. The Morgan fingerprint density at radius 3 is 1.44 bits per heavy atom. The monoisotopic (exact) mass is 833 g/mol. The molecule has 2 aromatic heterocycles. The standard InChI is InChI=1S/C60H39N3S/c1-6-18-40(19-7-1)44-36-48(41-20-8-2-9-21-41)60-52(37-44)50-35-43(31-33-54(50)63(60)47-26-14-5-15-27-47)42-30-32-53-49(34-42)51-38-59-57(39-56(51)61(53)45-22-10-3-11-23-45)62(46-24-12-4-13-25-46)55-28-16-17-29-58(55)64-59/h1-39H.